The number of benzene rings is 1. The van der Waals surface area contributed by atoms with Gasteiger partial charge in [0.2, 0.25) is 0 Å². The monoisotopic (exact) mass is 289 g/mol. The van der Waals surface area contributed by atoms with E-state index in [9.17, 15) is 0 Å². The maximum atomic E-state index is 6.05. The predicted molar refractivity (Wildman–Crippen MR) is 82.2 cm³/mol. The summed E-state index contributed by atoms with van der Waals surface area (Å²) in [4.78, 5) is 4.61. The summed E-state index contributed by atoms with van der Waals surface area (Å²) in [6.07, 6.45) is 2.11. The van der Waals surface area contributed by atoms with Gasteiger partial charge in [-0.15, -0.1) is 0 Å². The number of halogens is 1. The standard InChI is InChI=1S/C16H20ClN3/c1-11-16-15(18-8-9-20(16)12(2)19-11)7-6-13-4-3-5-14(17)10-13/h3-5,10,15,18H,6-9H2,1-2H3/t15-/m0/s1. The van der Waals surface area contributed by atoms with Crippen LogP contribution in [0.15, 0.2) is 24.3 Å². The summed E-state index contributed by atoms with van der Waals surface area (Å²) in [5.41, 5.74) is 3.81. The molecule has 1 aliphatic rings. The van der Waals surface area contributed by atoms with Crippen LogP contribution in [-0.4, -0.2) is 16.1 Å². The lowest BCUT2D eigenvalue weighted by Crippen LogP contribution is -2.34. The lowest BCUT2D eigenvalue weighted by molar-refractivity contribution is 0.401. The average molecular weight is 290 g/mol. The molecule has 106 valence electrons. The summed E-state index contributed by atoms with van der Waals surface area (Å²) in [5, 5.41) is 4.44. The molecule has 0 saturated heterocycles. The van der Waals surface area contributed by atoms with E-state index < -0.39 is 0 Å². The molecule has 0 saturated carbocycles. The van der Waals surface area contributed by atoms with Crippen LogP contribution in [0.1, 0.15) is 35.2 Å². The summed E-state index contributed by atoms with van der Waals surface area (Å²) in [6, 6.07) is 8.53. The first-order valence-electron chi connectivity index (χ1n) is 7.16. The molecule has 0 unspecified atom stereocenters. The number of nitrogens with one attached hydrogen (secondary N) is 1. The fourth-order valence-electron chi connectivity index (χ4n) is 3.14. The zero-order chi connectivity index (χ0) is 14.1. The van der Waals surface area contributed by atoms with E-state index in [1.807, 2.05) is 12.1 Å². The van der Waals surface area contributed by atoms with Gasteiger partial charge in [-0.2, -0.15) is 0 Å². The Bertz CT molecular complexity index is 618. The number of aromatic nitrogens is 2. The zero-order valence-electron chi connectivity index (χ0n) is 12.0. The van der Waals surface area contributed by atoms with Crippen molar-refractivity contribution >= 4 is 11.6 Å². The SMILES string of the molecule is Cc1nc(C)n2c1[C@H](CCc1cccc(Cl)c1)NCC2. The Morgan fingerprint density at radius 1 is 1.40 bits per heavy atom. The Hall–Kier alpha value is -1.32. The molecule has 0 amide bonds. The van der Waals surface area contributed by atoms with Gasteiger partial charge in [-0.1, -0.05) is 23.7 Å². The first-order valence-corrected chi connectivity index (χ1v) is 7.54. The second kappa shape index (κ2) is 5.58. The predicted octanol–water partition coefficient (Wildman–Crippen LogP) is 3.43. The van der Waals surface area contributed by atoms with Gasteiger partial charge >= 0.3 is 0 Å². The van der Waals surface area contributed by atoms with Gasteiger partial charge in [0, 0.05) is 24.2 Å². The minimum Gasteiger partial charge on any atom is -0.329 e. The third kappa shape index (κ3) is 2.60. The van der Waals surface area contributed by atoms with Gasteiger partial charge < -0.3 is 9.88 Å². The van der Waals surface area contributed by atoms with Crippen LogP contribution in [-0.2, 0) is 13.0 Å². The van der Waals surface area contributed by atoms with Gasteiger partial charge in [-0.05, 0) is 44.4 Å². The molecule has 0 aliphatic carbocycles. The maximum absolute atomic E-state index is 6.05. The number of nitrogens with zero attached hydrogens (tertiary/aromatic N) is 2. The van der Waals surface area contributed by atoms with E-state index in [0.717, 1.165) is 42.5 Å². The molecule has 0 fully saturated rings. The van der Waals surface area contributed by atoms with Gasteiger partial charge in [-0.25, -0.2) is 4.98 Å². The van der Waals surface area contributed by atoms with E-state index in [1.54, 1.807) is 0 Å². The van der Waals surface area contributed by atoms with Crippen molar-refractivity contribution in [2.24, 2.45) is 0 Å². The van der Waals surface area contributed by atoms with Crippen LogP contribution in [0.5, 0.6) is 0 Å². The molecule has 3 rings (SSSR count). The first-order chi connectivity index (χ1) is 9.65. The van der Waals surface area contributed by atoms with Crippen LogP contribution in [0, 0.1) is 13.8 Å². The summed E-state index contributed by atoms with van der Waals surface area (Å²) in [7, 11) is 0. The Kier molecular flexibility index (Phi) is 3.81. The molecule has 0 bridgehead atoms. The van der Waals surface area contributed by atoms with Gasteiger partial charge in [-0.3, -0.25) is 0 Å². The quantitative estimate of drug-likeness (QED) is 0.938. The third-order valence-corrected chi connectivity index (χ3v) is 4.28. The molecule has 0 spiro atoms. The van der Waals surface area contributed by atoms with Crippen LogP contribution in [0.3, 0.4) is 0 Å². The summed E-state index contributed by atoms with van der Waals surface area (Å²) >= 11 is 6.05. The molecule has 1 N–H and O–H groups in total. The highest BCUT2D eigenvalue weighted by molar-refractivity contribution is 6.30. The Morgan fingerprint density at radius 3 is 3.05 bits per heavy atom. The van der Waals surface area contributed by atoms with E-state index in [2.05, 4.69) is 40.8 Å². The summed E-state index contributed by atoms with van der Waals surface area (Å²) in [6.45, 7) is 6.24. The van der Waals surface area contributed by atoms with E-state index >= 15 is 0 Å². The van der Waals surface area contributed by atoms with E-state index in [4.69, 9.17) is 11.6 Å². The maximum Gasteiger partial charge on any atom is 0.106 e. The molecule has 4 heteroatoms. The van der Waals surface area contributed by atoms with Gasteiger partial charge in [0.1, 0.15) is 5.82 Å². The highest BCUT2D eigenvalue weighted by Crippen LogP contribution is 2.26. The molecular weight excluding hydrogens is 270 g/mol. The highest BCUT2D eigenvalue weighted by Gasteiger charge is 2.24. The smallest absolute Gasteiger partial charge is 0.106 e. The number of fused-ring (bicyclic) bond motifs is 1. The fraction of sp³-hybridized carbons (Fsp3) is 0.438. The van der Waals surface area contributed by atoms with E-state index in [1.165, 1.54) is 11.3 Å². The first kappa shape index (κ1) is 13.7. The largest absolute Gasteiger partial charge is 0.329 e. The minimum atomic E-state index is 0.393. The molecule has 20 heavy (non-hydrogen) atoms. The molecule has 1 aromatic heterocycles. The van der Waals surface area contributed by atoms with Crippen LogP contribution in [0.25, 0.3) is 0 Å². The van der Waals surface area contributed by atoms with Gasteiger partial charge in [0.05, 0.1) is 11.4 Å². The molecule has 3 nitrogen and oxygen atoms in total. The summed E-state index contributed by atoms with van der Waals surface area (Å²) in [5.74, 6) is 1.13. The summed E-state index contributed by atoms with van der Waals surface area (Å²) < 4.78 is 2.36. The van der Waals surface area contributed by atoms with Crippen molar-refractivity contribution in [1.82, 2.24) is 14.9 Å². The van der Waals surface area contributed by atoms with Gasteiger partial charge in [0.25, 0.3) is 0 Å². The number of rotatable bonds is 3. The number of aryl methyl sites for hydroxylation is 3. The van der Waals surface area contributed by atoms with Crippen LogP contribution in [0.4, 0.5) is 0 Å². The molecule has 1 atom stereocenters. The third-order valence-electron chi connectivity index (χ3n) is 4.05. The van der Waals surface area contributed by atoms with Crippen molar-refractivity contribution < 1.29 is 0 Å². The second-order valence-electron chi connectivity index (χ2n) is 5.46. The molecular formula is C16H20ClN3. The topological polar surface area (TPSA) is 29.9 Å². The molecule has 1 aromatic carbocycles. The fourth-order valence-corrected chi connectivity index (χ4v) is 3.35. The molecule has 1 aliphatic heterocycles. The zero-order valence-corrected chi connectivity index (χ0v) is 12.7. The van der Waals surface area contributed by atoms with Crippen molar-refractivity contribution in [1.29, 1.82) is 0 Å². The van der Waals surface area contributed by atoms with Crippen LogP contribution >= 0.6 is 11.6 Å². The molecule has 2 aromatic rings. The number of hydrogen-bond donors (Lipinski definition) is 1. The highest BCUT2D eigenvalue weighted by atomic mass is 35.5. The van der Waals surface area contributed by atoms with Crippen molar-refractivity contribution in [2.45, 2.75) is 39.3 Å². The minimum absolute atomic E-state index is 0.393. The lowest BCUT2D eigenvalue weighted by Gasteiger charge is -2.27. The van der Waals surface area contributed by atoms with E-state index in [0.29, 0.717) is 6.04 Å². The van der Waals surface area contributed by atoms with Crippen molar-refractivity contribution in [2.75, 3.05) is 6.54 Å². The Balaban J connectivity index is 1.77. The van der Waals surface area contributed by atoms with Crippen LogP contribution in [0.2, 0.25) is 5.02 Å². The second-order valence-corrected chi connectivity index (χ2v) is 5.89. The number of hydrogen-bond acceptors (Lipinski definition) is 2. The average Bonchev–Trinajstić information content (AvgIpc) is 2.73. The molecule has 0 radical (unpaired) electrons. The van der Waals surface area contributed by atoms with Crippen molar-refractivity contribution in [3.63, 3.8) is 0 Å². The van der Waals surface area contributed by atoms with Gasteiger partial charge in [0.15, 0.2) is 0 Å². The lowest BCUT2D eigenvalue weighted by atomic mass is 10.0. The van der Waals surface area contributed by atoms with Crippen LogP contribution < -0.4 is 5.32 Å². The van der Waals surface area contributed by atoms with Crippen molar-refractivity contribution in [3.8, 4) is 0 Å². The molecule has 2 heterocycles. The van der Waals surface area contributed by atoms with E-state index in [-0.39, 0.29) is 0 Å². The normalized spacial score (nSPS) is 18.1. The Morgan fingerprint density at radius 2 is 2.25 bits per heavy atom. The number of imidazole rings is 1. The Labute approximate surface area is 125 Å². The van der Waals surface area contributed by atoms with Crippen molar-refractivity contribution in [3.05, 3.63) is 52.1 Å².